The Balaban J connectivity index is 2.25. The molecule has 2 unspecified atom stereocenters. The molecule has 1 fully saturated rings. The van der Waals surface area contributed by atoms with E-state index in [-0.39, 0.29) is 12.5 Å². The van der Waals surface area contributed by atoms with Gasteiger partial charge >= 0.3 is 0 Å². The molecule has 0 heterocycles. The normalized spacial score (nSPS) is 18.9. The van der Waals surface area contributed by atoms with Crippen LogP contribution in [0, 0.1) is 11.8 Å². The molecule has 2 rings (SSSR count). The molecule has 1 saturated carbocycles. The highest BCUT2D eigenvalue weighted by atomic mass is 35.5. The van der Waals surface area contributed by atoms with Gasteiger partial charge in [-0.3, -0.25) is 4.99 Å². The van der Waals surface area contributed by atoms with Gasteiger partial charge in [0.1, 0.15) is 11.9 Å². The minimum atomic E-state index is -1.02. The minimum Gasteiger partial charge on any atom is -0.383 e. The largest absolute Gasteiger partial charge is 0.383 e. The third-order valence-corrected chi connectivity index (χ3v) is 4.30. The van der Waals surface area contributed by atoms with Gasteiger partial charge in [0.25, 0.3) is 0 Å². The van der Waals surface area contributed by atoms with E-state index in [2.05, 4.69) is 27.9 Å². The summed E-state index contributed by atoms with van der Waals surface area (Å²) in [6.07, 6.45) is 3.70. The number of hydrogen-bond acceptors (Lipinski definition) is 3. The van der Waals surface area contributed by atoms with Crippen LogP contribution in [0.15, 0.2) is 39.2 Å². The third-order valence-electron chi connectivity index (χ3n) is 4.05. The van der Waals surface area contributed by atoms with E-state index in [0.29, 0.717) is 10.9 Å². The second-order valence-electron chi connectivity index (χ2n) is 5.48. The lowest BCUT2D eigenvalue weighted by molar-refractivity contribution is -0.0167. The molecule has 2 atom stereocenters. The van der Waals surface area contributed by atoms with Crippen molar-refractivity contribution in [1.82, 2.24) is 0 Å². The maximum absolute atomic E-state index is 11.2. The molecule has 0 aliphatic heterocycles. The molecule has 1 aliphatic carbocycles. The van der Waals surface area contributed by atoms with Crippen molar-refractivity contribution in [3.05, 3.63) is 34.9 Å². The highest BCUT2D eigenvalue weighted by molar-refractivity contribution is 6.30. The van der Waals surface area contributed by atoms with Crippen LogP contribution in [-0.2, 0) is 5.60 Å². The summed E-state index contributed by atoms with van der Waals surface area (Å²) >= 11 is 5.93. The Morgan fingerprint density at radius 3 is 2.67 bits per heavy atom. The second-order valence-corrected chi connectivity index (χ2v) is 5.91. The predicted octanol–water partition coefficient (Wildman–Crippen LogP) is 3.41. The lowest BCUT2D eigenvalue weighted by Crippen LogP contribution is -2.38. The van der Waals surface area contributed by atoms with Crippen molar-refractivity contribution < 1.29 is 5.11 Å². The Labute approximate surface area is 130 Å². The number of hydrogen-bond donors (Lipinski definition) is 1. The summed E-state index contributed by atoms with van der Waals surface area (Å²) in [6, 6.07) is 9.87. The number of aliphatic hydroxyl groups is 1. The Kier molecular flexibility index (Phi) is 5.29. The molecule has 0 radical (unpaired) electrons. The van der Waals surface area contributed by atoms with Crippen LogP contribution in [0.5, 0.6) is 0 Å². The maximum Gasteiger partial charge on any atom is 0.121 e. The van der Waals surface area contributed by atoms with Crippen molar-refractivity contribution in [3.8, 4) is 0 Å². The fraction of sp³-hybridized carbons (Fsp3) is 0.500. The van der Waals surface area contributed by atoms with Gasteiger partial charge in [-0.1, -0.05) is 30.7 Å². The van der Waals surface area contributed by atoms with E-state index in [1.165, 1.54) is 6.34 Å². The van der Waals surface area contributed by atoms with Gasteiger partial charge in [0.05, 0.1) is 12.6 Å². The van der Waals surface area contributed by atoms with Gasteiger partial charge < -0.3 is 5.11 Å². The van der Waals surface area contributed by atoms with Crippen LogP contribution >= 0.6 is 11.6 Å². The van der Waals surface area contributed by atoms with Crippen LogP contribution < -0.4 is 0 Å². The number of rotatable bonds is 6. The molecular formula is C16H20ClN3O. The van der Waals surface area contributed by atoms with E-state index in [9.17, 15) is 5.11 Å². The van der Waals surface area contributed by atoms with Crippen LogP contribution in [0.1, 0.15) is 25.3 Å². The lowest BCUT2D eigenvalue weighted by atomic mass is 9.79. The van der Waals surface area contributed by atoms with Crippen molar-refractivity contribution in [3.63, 3.8) is 0 Å². The summed E-state index contributed by atoms with van der Waals surface area (Å²) in [5.74, 6) is 0.680. The van der Waals surface area contributed by atoms with E-state index in [1.807, 2.05) is 12.1 Å². The molecule has 1 N–H and O–H groups in total. The molecule has 0 bridgehead atoms. The summed E-state index contributed by atoms with van der Waals surface area (Å²) in [6.45, 7) is 2.31. The third kappa shape index (κ3) is 4.01. The second kappa shape index (κ2) is 6.99. The zero-order valence-electron chi connectivity index (χ0n) is 12.3. The van der Waals surface area contributed by atoms with Crippen LogP contribution in [0.4, 0.5) is 0 Å². The van der Waals surface area contributed by atoms with Gasteiger partial charge in [-0.2, -0.15) is 4.99 Å². The standard InChI is InChI=1S/C16H20ClN3O/c1-12(13-3-4-13)16(21,9-19-11-20-10-18-2)14-5-7-15(17)8-6-14/h5-8,10,12-13,21H,3-4,9H2,1-2H3/b18-10-. The van der Waals surface area contributed by atoms with E-state index in [0.717, 1.165) is 18.4 Å². The van der Waals surface area contributed by atoms with Gasteiger partial charge in [0.15, 0.2) is 0 Å². The van der Waals surface area contributed by atoms with Gasteiger partial charge in [-0.15, -0.1) is 0 Å². The van der Waals surface area contributed by atoms with Crippen molar-refractivity contribution in [2.24, 2.45) is 26.8 Å². The topological polar surface area (TPSA) is 57.3 Å². The molecule has 112 valence electrons. The molecule has 21 heavy (non-hydrogen) atoms. The van der Waals surface area contributed by atoms with Crippen LogP contribution in [0.2, 0.25) is 5.02 Å². The summed E-state index contributed by atoms with van der Waals surface area (Å²) in [4.78, 5) is 11.6. The molecule has 0 spiro atoms. The zero-order chi connectivity index (χ0) is 15.3. The Bertz CT molecular complexity index is 559. The van der Waals surface area contributed by atoms with Crippen molar-refractivity contribution in [1.29, 1.82) is 0 Å². The lowest BCUT2D eigenvalue weighted by Gasteiger charge is -2.33. The average molecular weight is 306 g/mol. The smallest absolute Gasteiger partial charge is 0.121 e. The first-order chi connectivity index (χ1) is 10.1. The maximum atomic E-state index is 11.2. The van der Waals surface area contributed by atoms with Crippen LogP contribution in [0.25, 0.3) is 0 Å². The van der Waals surface area contributed by atoms with Crippen molar-refractivity contribution in [2.75, 3.05) is 13.6 Å². The minimum absolute atomic E-state index is 0.129. The monoisotopic (exact) mass is 305 g/mol. The highest BCUT2D eigenvalue weighted by Crippen LogP contribution is 2.46. The number of nitrogens with zero attached hydrogens (tertiary/aromatic N) is 3. The van der Waals surface area contributed by atoms with E-state index in [4.69, 9.17) is 11.6 Å². The molecule has 0 saturated heterocycles. The first-order valence-corrected chi connectivity index (χ1v) is 7.46. The van der Waals surface area contributed by atoms with Crippen molar-refractivity contribution in [2.45, 2.75) is 25.4 Å². The fourth-order valence-corrected chi connectivity index (χ4v) is 2.63. The molecule has 1 aliphatic rings. The summed E-state index contributed by atoms with van der Waals surface area (Å²) in [5.41, 5.74) is -0.182. The zero-order valence-corrected chi connectivity index (χ0v) is 13.1. The van der Waals surface area contributed by atoms with E-state index >= 15 is 0 Å². The number of aliphatic imine (C=N–C) groups is 3. The van der Waals surface area contributed by atoms with Gasteiger partial charge in [-0.25, -0.2) is 4.99 Å². The average Bonchev–Trinajstić information content (AvgIpc) is 3.31. The summed E-state index contributed by atoms with van der Waals surface area (Å²) in [7, 11) is 1.63. The first-order valence-electron chi connectivity index (χ1n) is 7.08. The molecule has 5 heteroatoms. The van der Waals surface area contributed by atoms with Crippen LogP contribution in [0.3, 0.4) is 0 Å². The molecule has 1 aromatic rings. The first kappa shape index (κ1) is 15.9. The van der Waals surface area contributed by atoms with Crippen LogP contribution in [-0.4, -0.2) is 31.0 Å². The van der Waals surface area contributed by atoms with E-state index < -0.39 is 5.60 Å². The Morgan fingerprint density at radius 2 is 2.10 bits per heavy atom. The Hall–Kier alpha value is -1.48. The molecule has 0 amide bonds. The van der Waals surface area contributed by atoms with Gasteiger partial charge in [-0.05, 0) is 42.4 Å². The van der Waals surface area contributed by atoms with E-state index in [1.54, 1.807) is 19.2 Å². The quantitative estimate of drug-likeness (QED) is 0.635. The summed E-state index contributed by atoms with van der Waals surface area (Å²) in [5, 5.41) is 11.8. The number of halogens is 1. The predicted molar refractivity (Wildman–Crippen MR) is 86.4 cm³/mol. The molecule has 4 nitrogen and oxygen atoms in total. The van der Waals surface area contributed by atoms with Crippen molar-refractivity contribution >= 4 is 23.9 Å². The van der Waals surface area contributed by atoms with Gasteiger partial charge in [0.2, 0.25) is 0 Å². The highest BCUT2D eigenvalue weighted by Gasteiger charge is 2.43. The molecule has 1 aromatic carbocycles. The SMILES string of the molecule is C/N=C\N=C=NCC(O)(c1ccc(Cl)cc1)C(C)C1CC1. The van der Waals surface area contributed by atoms with Gasteiger partial charge in [0, 0.05) is 12.1 Å². The Morgan fingerprint density at radius 1 is 1.43 bits per heavy atom. The fourth-order valence-electron chi connectivity index (χ4n) is 2.50. The molecule has 0 aromatic heterocycles. The molecular weight excluding hydrogens is 286 g/mol. The number of benzene rings is 1. The summed E-state index contributed by atoms with van der Waals surface area (Å²) < 4.78 is 0.